The number of esters is 1. The average Bonchev–Trinajstić information content (AvgIpc) is 3.09. The Labute approximate surface area is 156 Å². The lowest BCUT2D eigenvalue weighted by Gasteiger charge is -2.35. The smallest absolute Gasteiger partial charge is 0.325 e. The fourth-order valence-corrected chi connectivity index (χ4v) is 4.48. The molecule has 2 N–H and O–H groups in total. The van der Waals surface area contributed by atoms with Gasteiger partial charge in [-0.05, 0) is 30.7 Å². The molecule has 1 aromatic rings. The molecule has 0 bridgehead atoms. The lowest BCUT2D eigenvalue weighted by atomic mass is 9.75. The Kier molecular flexibility index (Phi) is 7.73. The molecule has 5 heteroatoms. The van der Waals surface area contributed by atoms with Gasteiger partial charge in [0.2, 0.25) is 0 Å². The number of carbonyl (C=O) groups excluding carboxylic acids is 1. The molecule has 0 amide bonds. The monoisotopic (exact) mass is 367 g/mol. The number of carbonyl (C=O) groups is 1. The highest BCUT2D eigenvalue weighted by molar-refractivity contribution is 5.85. The van der Waals surface area contributed by atoms with E-state index < -0.39 is 6.04 Å². The summed E-state index contributed by atoms with van der Waals surface area (Å²) in [5, 5.41) is 0. The van der Waals surface area contributed by atoms with E-state index in [2.05, 4.69) is 24.3 Å². The van der Waals surface area contributed by atoms with E-state index in [0.717, 1.165) is 6.42 Å². The molecule has 1 heterocycles. The Balaban J connectivity index is 0.00000225. The maximum absolute atomic E-state index is 12.1. The summed E-state index contributed by atoms with van der Waals surface area (Å²) in [4.78, 5) is 12.1. The van der Waals surface area contributed by atoms with Crippen LogP contribution in [0.4, 0.5) is 0 Å². The third-order valence-corrected chi connectivity index (χ3v) is 5.61. The van der Waals surface area contributed by atoms with Gasteiger partial charge >= 0.3 is 5.97 Å². The molecule has 0 spiro atoms. The zero-order valence-electron chi connectivity index (χ0n) is 14.9. The third kappa shape index (κ3) is 5.19. The van der Waals surface area contributed by atoms with Crippen molar-refractivity contribution in [2.24, 2.45) is 23.5 Å². The van der Waals surface area contributed by atoms with Crippen LogP contribution in [-0.2, 0) is 20.7 Å². The summed E-state index contributed by atoms with van der Waals surface area (Å²) in [6.07, 6.45) is 5.86. The molecule has 0 unspecified atom stereocenters. The minimum atomic E-state index is -0.674. The molecule has 0 aromatic heterocycles. The molecule has 1 aromatic carbocycles. The van der Waals surface area contributed by atoms with Crippen LogP contribution in [0.5, 0.6) is 0 Å². The van der Waals surface area contributed by atoms with Gasteiger partial charge in [-0.1, -0.05) is 56.0 Å². The maximum atomic E-state index is 12.1. The summed E-state index contributed by atoms with van der Waals surface area (Å²) in [6.45, 7) is 2.93. The molecule has 4 nitrogen and oxygen atoms in total. The summed E-state index contributed by atoms with van der Waals surface area (Å²) >= 11 is 0. The first-order chi connectivity index (χ1) is 11.6. The summed E-state index contributed by atoms with van der Waals surface area (Å²) in [7, 11) is 0. The van der Waals surface area contributed by atoms with Crippen molar-refractivity contribution in [1.82, 2.24) is 0 Å². The van der Waals surface area contributed by atoms with Gasteiger partial charge in [0.05, 0.1) is 13.2 Å². The largest absolute Gasteiger partial charge is 0.461 e. The van der Waals surface area contributed by atoms with Crippen LogP contribution in [0.1, 0.15) is 38.2 Å². The average molecular weight is 368 g/mol. The molecule has 1 saturated heterocycles. The molecule has 2 aliphatic rings. The fraction of sp³-hybridized carbons (Fsp3) is 0.650. The normalized spacial score (nSPS) is 31.4. The van der Waals surface area contributed by atoms with Gasteiger partial charge in [0.1, 0.15) is 12.1 Å². The van der Waals surface area contributed by atoms with E-state index in [1.807, 2.05) is 13.0 Å². The SMILES string of the molecule is C[C@@H]1OC(=O)[C@@H](N)COC[C@H](Cc2ccccc2)[C@H]1C1CCCC1.Cl. The zero-order chi connectivity index (χ0) is 16.9. The zero-order valence-corrected chi connectivity index (χ0v) is 15.8. The van der Waals surface area contributed by atoms with E-state index in [1.54, 1.807) is 0 Å². The van der Waals surface area contributed by atoms with Crippen LogP contribution < -0.4 is 5.73 Å². The summed E-state index contributed by atoms with van der Waals surface area (Å²) in [5.74, 6) is 0.968. The minimum Gasteiger partial charge on any atom is -0.461 e. The van der Waals surface area contributed by atoms with Gasteiger partial charge < -0.3 is 15.2 Å². The van der Waals surface area contributed by atoms with Gasteiger partial charge in [-0.3, -0.25) is 4.79 Å². The van der Waals surface area contributed by atoms with E-state index in [0.29, 0.717) is 24.4 Å². The predicted molar refractivity (Wildman–Crippen MR) is 101 cm³/mol. The number of nitrogens with two attached hydrogens (primary N) is 1. The van der Waals surface area contributed by atoms with Crippen LogP contribution in [0.2, 0.25) is 0 Å². The number of cyclic esters (lactones) is 1. The first kappa shape index (κ1) is 20.2. The first-order valence-corrected chi connectivity index (χ1v) is 9.23. The maximum Gasteiger partial charge on any atom is 0.325 e. The highest BCUT2D eigenvalue weighted by Crippen LogP contribution is 2.40. The van der Waals surface area contributed by atoms with E-state index in [1.165, 1.54) is 31.2 Å². The molecule has 0 radical (unpaired) electrons. The van der Waals surface area contributed by atoms with Crippen LogP contribution in [0.25, 0.3) is 0 Å². The fourth-order valence-electron chi connectivity index (χ4n) is 4.48. The van der Waals surface area contributed by atoms with E-state index in [4.69, 9.17) is 15.2 Å². The standard InChI is InChI=1S/C20H29NO3.ClH/c1-14-19(16-9-5-6-10-16)17(11-15-7-3-2-4-8-15)12-23-13-18(21)20(22)24-14;/h2-4,7-8,14,16-19H,5-6,9-13,21H2,1H3;1H/t14-,17-,18-,19+;/m0./s1. The second-order valence-electron chi connectivity index (χ2n) is 7.36. The summed E-state index contributed by atoms with van der Waals surface area (Å²) in [5.41, 5.74) is 7.19. The molecule has 1 aliphatic carbocycles. The quantitative estimate of drug-likeness (QED) is 0.832. The van der Waals surface area contributed by atoms with Gasteiger partial charge in [0, 0.05) is 5.92 Å². The highest BCUT2D eigenvalue weighted by Gasteiger charge is 2.39. The number of halogens is 1. The van der Waals surface area contributed by atoms with Crippen molar-refractivity contribution >= 4 is 18.4 Å². The van der Waals surface area contributed by atoms with Crippen LogP contribution in [0.15, 0.2) is 30.3 Å². The Hall–Kier alpha value is -1.10. The lowest BCUT2D eigenvalue weighted by molar-refractivity contribution is -0.154. The lowest BCUT2D eigenvalue weighted by Crippen LogP contribution is -2.40. The van der Waals surface area contributed by atoms with Gasteiger partial charge in [-0.2, -0.15) is 0 Å². The number of hydrogen-bond donors (Lipinski definition) is 1. The van der Waals surface area contributed by atoms with Crippen molar-refractivity contribution in [2.75, 3.05) is 13.2 Å². The number of ether oxygens (including phenoxy) is 2. The van der Waals surface area contributed by atoms with E-state index in [-0.39, 0.29) is 31.1 Å². The molecular weight excluding hydrogens is 338 g/mol. The Morgan fingerprint density at radius 2 is 1.80 bits per heavy atom. The van der Waals surface area contributed by atoms with Crippen LogP contribution in [0.3, 0.4) is 0 Å². The highest BCUT2D eigenvalue weighted by atomic mass is 35.5. The number of benzene rings is 1. The molecule has 3 rings (SSSR count). The topological polar surface area (TPSA) is 61.5 Å². The van der Waals surface area contributed by atoms with Gasteiger partial charge in [-0.15, -0.1) is 12.4 Å². The molecule has 4 atom stereocenters. The molecular formula is C20H30ClNO3. The van der Waals surface area contributed by atoms with Crippen molar-refractivity contribution < 1.29 is 14.3 Å². The number of rotatable bonds is 3. The van der Waals surface area contributed by atoms with Crippen molar-refractivity contribution in [3.05, 3.63) is 35.9 Å². The van der Waals surface area contributed by atoms with Crippen LogP contribution >= 0.6 is 12.4 Å². The Bertz CT molecular complexity index is 533. The van der Waals surface area contributed by atoms with Gasteiger partial charge in [0.25, 0.3) is 0 Å². The van der Waals surface area contributed by atoms with Crippen molar-refractivity contribution in [3.63, 3.8) is 0 Å². The van der Waals surface area contributed by atoms with Crippen molar-refractivity contribution in [1.29, 1.82) is 0 Å². The van der Waals surface area contributed by atoms with Gasteiger partial charge in [-0.25, -0.2) is 0 Å². The predicted octanol–water partition coefficient (Wildman–Crippen LogP) is 3.36. The van der Waals surface area contributed by atoms with E-state index >= 15 is 0 Å². The molecule has 1 aliphatic heterocycles. The van der Waals surface area contributed by atoms with Crippen LogP contribution in [-0.4, -0.2) is 31.3 Å². The first-order valence-electron chi connectivity index (χ1n) is 9.23. The Morgan fingerprint density at radius 1 is 1.12 bits per heavy atom. The second kappa shape index (κ2) is 9.56. The number of hydrogen-bond acceptors (Lipinski definition) is 4. The van der Waals surface area contributed by atoms with Crippen molar-refractivity contribution in [3.8, 4) is 0 Å². The summed E-state index contributed by atoms with van der Waals surface area (Å²) < 4.78 is 11.6. The van der Waals surface area contributed by atoms with Gasteiger partial charge in [0.15, 0.2) is 0 Å². The molecule has 2 fully saturated rings. The second-order valence-corrected chi connectivity index (χ2v) is 7.36. The van der Waals surface area contributed by atoms with E-state index in [9.17, 15) is 4.79 Å². The third-order valence-electron chi connectivity index (χ3n) is 5.61. The molecule has 1 saturated carbocycles. The van der Waals surface area contributed by atoms with Crippen LogP contribution in [0, 0.1) is 17.8 Å². The molecule has 140 valence electrons. The van der Waals surface area contributed by atoms with Crippen molar-refractivity contribution in [2.45, 2.75) is 51.2 Å². The Morgan fingerprint density at radius 3 is 2.48 bits per heavy atom. The molecule has 25 heavy (non-hydrogen) atoms. The summed E-state index contributed by atoms with van der Waals surface area (Å²) in [6, 6.07) is 9.86. The minimum absolute atomic E-state index is 0.